The summed E-state index contributed by atoms with van der Waals surface area (Å²) in [5.41, 5.74) is 1.20. The Morgan fingerprint density at radius 2 is 1.76 bits per heavy atom. The zero-order chi connectivity index (χ0) is 20.8. The standard InChI is InChI=1S/C20H20Cl2N4O3/c21-14-1-4-16(17(22)9-14)20(29)25-10-18(27)24-11-19(28)26(15-2-3-15)12-13-5-7-23-8-6-13/h1,4-9,15H,2-3,10-12H2,(H,24,27)(H,25,29). The molecular formula is C20H20Cl2N4O3. The lowest BCUT2D eigenvalue weighted by Gasteiger charge is -2.22. The molecule has 3 amide bonds. The van der Waals surface area contributed by atoms with Gasteiger partial charge in [-0.25, -0.2) is 0 Å². The molecule has 1 aromatic heterocycles. The van der Waals surface area contributed by atoms with E-state index in [4.69, 9.17) is 23.2 Å². The summed E-state index contributed by atoms with van der Waals surface area (Å²) in [5.74, 6) is -1.12. The first-order valence-electron chi connectivity index (χ1n) is 9.12. The normalized spacial score (nSPS) is 12.9. The van der Waals surface area contributed by atoms with Crippen molar-refractivity contribution in [3.05, 3.63) is 63.9 Å². The Kier molecular flexibility index (Phi) is 7.06. The molecule has 2 aromatic rings. The predicted molar refractivity (Wildman–Crippen MR) is 110 cm³/mol. The summed E-state index contributed by atoms with van der Waals surface area (Å²) >= 11 is 11.8. The number of nitrogens with one attached hydrogen (secondary N) is 2. The summed E-state index contributed by atoms with van der Waals surface area (Å²) in [5, 5.41) is 5.64. The van der Waals surface area contributed by atoms with Crippen LogP contribution in [0.2, 0.25) is 10.0 Å². The number of halogens is 2. The Labute approximate surface area is 178 Å². The number of rotatable bonds is 8. The van der Waals surface area contributed by atoms with Crippen molar-refractivity contribution in [3.8, 4) is 0 Å². The van der Waals surface area contributed by atoms with Gasteiger partial charge in [-0.3, -0.25) is 19.4 Å². The van der Waals surface area contributed by atoms with Crippen molar-refractivity contribution in [1.82, 2.24) is 20.5 Å². The smallest absolute Gasteiger partial charge is 0.253 e. The lowest BCUT2D eigenvalue weighted by molar-refractivity contribution is -0.133. The molecule has 3 rings (SSSR count). The Morgan fingerprint density at radius 3 is 2.41 bits per heavy atom. The highest BCUT2D eigenvalue weighted by Gasteiger charge is 2.32. The van der Waals surface area contributed by atoms with Crippen LogP contribution in [0.15, 0.2) is 42.7 Å². The number of hydrogen-bond acceptors (Lipinski definition) is 4. The zero-order valence-electron chi connectivity index (χ0n) is 15.5. The Morgan fingerprint density at radius 1 is 1.03 bits per heavy atom. The van der Waals surface area contributed by atoms with Crippen molar-refractivity contribution in [3.63, 3.8) is 0 Å². The Hall–Kier alpha value is -2.64. The van der Waals surface area contributed by atoms with Gasteiger partial charge in [-0.1, -0.05) is 23.2 Å². The molecule has 1 saturated carbocycles. The quantitative estimate of drug-likeness (QED) is 0.667. The number of amides is 3. The summed E-state index contributed by atoms with van der Waals surface area (Å²) in [7, 11) is 0. The van der Waals surface area contributed by atoms with Gasteiger partial charge in [0.1, 0.15) is 0 Å². The minimum absolute atomic E-state index is 0.127. The molecule has 9 heteroatoms. The lowest BCUT2D eigenvalue weighted by Crippen LogP contribution is -2.44. The first kappa shape index (κ1) is 21.1. The van der Waals surface area contributed by atoms with E-state index in [1.54, 1.807) is 17.3 Å². The van der Waals surface area contributed by atoms with Crippen LogP contribution >= 0.6 is 23.2 Å². The predicted octanol–water partition coefficient (Wildman–Crippen LogP) is 2.43. The van der Waals surface area contributed by atoms with Crippen LogP contribution < -0.4 is 10.6 Å². The molecule has 1 fully saturated rings. The first-order chi connectivity index (χ1) is 13.9. The second-order valence-corrected chi connectivity index (χ2v) is 7.54. The fourth-order valence-corrected chi connectivity index (χ4v) is 3.25. The van der Waals surface area contributed by atoms with Crippen molar-refractivity contribution >= 4 is 40.9 Å². The molecular weight excluding hydrogens is 415 g/mol. The summed E-state index contributed by atoms with van der Waals surface area (Å²) in [6.07, 6.45) is 5.29. The third kappa shape index (κ3) is 6.17. The van der Waals surface area contributed by atoms with Gasteiger partial charge >= 0.3 is 0 Å². The van der Waals surface area contributed by atoms with E-state index in [1.165, 1.54) is 18.2 Å². The maximum absolute atomic E-state index is 12.5. The topological polar surface area (TPSA) is 91.4 Å². The summed E-state index contributed by atoms with van der Waals surface area (Å²) in [6, 6.07) is 8.40. The van der Waals surface area contributed by atoms with E-state index < -0.39 is 11.8 Å². The summed E-state index contributed by atoms with van der Waals surface area (Å²) < 4.78 is 0. The first-order valence-corrected chi connectivity index (χ1v) is 9.88. The summed E-state index contributed by atoms with van der Waals surface area (Å²) in [4.78, 5) is 42.4. The highest BCUT2D eigenvalue weighted by atomic mass is 35.5. The molecule has 0 bridgehead atoms. The van der Waals surface area contributed by atoms with Crippen LogP contribution in [0.1, 0.15) is 28.8 Å². The summed E-state index contributed by atoms with van der Waals surface area (Å²) in [6.45, 7) is 0.0878. The van der Waals surface area contributed by atoms with Crippen LogP contribution in [-0.4, -0.2) is 46.7 Å². The van der Waals surface area contributed by atoms with Crippen LogP contribution in [0, 0.1) is 0 Å². The molecule has 1 aromatic carbocycles. The van der Waals surface area contributed by atoms with Crippen LogP contribution in [0.4, 0.5) is 0 Å². The molecule has 0 spiro atoms. The molecule has 0 aliphatic heterocycles. The maximum atomic E-state index is 12.5. The maximum Gasteiger partial charge on any atom is 0.253 e. The molecule has 0 radical (unpaired) electrons. The SMILES string of the molecule is O=C(CNC(=O)c1ccc(Cl)cc1Cl)NCC(=O)N(Cc1ccncc1)C1CC1. The molecule has 152 valence electrons. The van der Waals surface area contributed by atoms with Crippen molar-refractivity contribution in [2.75, 3.05) is 13.1 Å². The largest absolute Gasteiger partial charge is 0.345 e. The molecule has 0 unspecified atom stereocenters. The number of hydrogen-bond donors (Lipinski definition) is 2. The Bertz CT molecular complexity index is 904. The van der Waals surface area contributed by atoms with Gasteiger partial charge in [0.2, 0.25) is 11.8 Å². The fourth-order valence-electron chi connectivity index (χ4n) is 2.76. The Balaban J connectivity index is 1.46. The number of carbonyl (C=O) groups excluding carboxylic acids is 3. The number of carbonyl (C=O) groups is 3. The van der Waals surface area contributed by atoms with Crippen LogP contribution in [0.5, 0.6) is 0 Å². The van der Waals surface area contributed by atoms with Crippen molar-refractivity contribution in [1.29, 1.82) is 0 Å². The second kappa shape index (κ2) is 9.71. The van der Waals surface area contributed by atoms with Crippen LogP contribution in [0.3, 0.4) is 0 Å². The van der Waals surface area contributed by atoms with Gasteiger partial charge in [0.15, 0.2) is 0 Å². The van der Waals surface area contributed by atoms with Crippen LogP contribution in [0.25, 0.3) is 0 Å². The molecule has 2 N–H and O–H groups in total. The third-order valence-electron chi connectivity index (χ3n) is 4.43. The molecule has 1 aliphatic carbocycles. The second-order valence-electron chi connectivity index (χ2n) is 6.69. The highest BCUT2D eigenvalue weighted by molar-refractivity contribution is 6.36. The minimum Gasteiger partial charge on any atom is -0.345 e. The average Bonchev–Trinajstić information content (AvgIpc) is 3.54. The molecule has 29 heavy (non-hydrogen) atoms. The fraction of sp³-hybridized carbons (Fsp3) is 0.300. The molecule has 7 nitrogen and oxygen atoms in total. The van der Waals surface area contributed by atoms with Gasteiger partial charge in [0.25, 0.3) is 5.91 Å². The van der Waals surface area contributed by atoms with E-state index in [-0.39, 0.29) is 35.6 Å². The molecule has 1 heterocycles. The number of benzene rings is 1. The molecule has 0 atom stereocenters. The van der Waals surface area contributed by atoms with E-state index in [0.29, 0.717) is 11.6 Å². The van der Waals surface area contributed by atoms with Crippen molar-refractivity contribution < 1.29 is 14.4 Å². The van der Waals surface area contributed by atoms with E-state index >= 15 is 0 Å². The van der Waals surface area contributed by atoms with Crippen molar-refractivity contribution in [2.24, 2.45) is 0 Å². The van der Waals surface area contributed by atoms with E-state index in [9.17, 15) is 14.4 Å². The lowest BCUT2D eigenvalue weighted by atomic mass is 10.2. The van der Waals surface area contributed by atoms with Gasteiger partial charge < -0.3 is 15.5 Å². The molecule has 0 saturated heterocycles. The van der Waals surface area contributed by atoms with E-state index in [2.05, 4.69) is 15.6 Å². The van der Waals surface area contributed by atoms with Crippen LogP contribution in [-0.2, 0) is 16.1 Å². The average molecular weight is 435 g/mol. The van der Waals surface area contributed by atoms with E-state index in [0.717, 1.165) is 18.4 Å². The van der Waals surface area contributed by atoms with Gasteiger partial charge in [0.05, 0.1) is 23.7 Å². The van der Waals surface area contributed by atoms with Gasteiger partial charge in [-0.05, 0) is 48.7 Å². The van der Waals surface area contributed by atoms with Gasteiger partial charge in [-0.2, -0.15) is 0 Å². The number of pyridine rings is 1. The molecule has 1 aliphatic rings. The minimum atomic E-state index is -0.495. The highest BCUT2D eigenvalue weighted by Crippen LogP contribution is 2.28. The number of aromatic nitrogens is 1. The number of nitrogens with zero attached hydrogens (tertiary/aromatic N) is 2. The third-order valence-corrected chi connectivity index (χ3v) is 4.98. The van der Waals surface area contributed by atoms with E-state index in [1.807, 2.05) is 12.1 Å². The zero-order valence-corrected chi connectivity index (χ0v) is 17.0. The van der Waals surface area contributed by atoms with Gasteiger partial charge in [-0.15, -0.1) is 0 Å². The monoisotopic (exact) mass is 434 g/mol. The van der Waals surface area contributed by atoms with Gasteiger partial charge in [0, 0.05) is 30.0 Å². The van der Waals surface area contributed by atoms with Crippen molar-refractivity contribution in [2.45, 2.75) is 25.4 Å².